The van der Waals surface area contributed by atoms with Crippen LogP contribution in [0.5, 0.6) is 0 Å². The van der Waals surface area contributed by atoms with Gasteiger partial charge in [0.15, 0.2) is 5.96 Å². The van der Waals surface area contributed by atoms with Gasteiger partial charge in [-0.05, 0) is 24.6 Å². The van der Waals surface area contributed by atoms with E-state index < -0.39 is 0 Å². The summed E-state index contributed by atoms with van der Waals surface area (Å²) in [5.74, 6) is 0.358. The van der Waals surface area contributed by atoms with E-state index in [0.29, 0.717) is 19.0 Å². The fraction of sp³-hybridized carbons (Fsp3) is 0.417. The van der Waals surface area contributed by atoms with E-state index in [4.69, 9.17) is 5.11 Å². The van der Waals surface area contributed by atoms with Crippen molar-refractivity contribution in [2.75, 3.05) is 19.7 Å². The molecule has 0 aromatic heterocycles. The van der Waals surface area contributed by atoms with Crippen LogP contribution in [-0.2, 0) is 6.54 Å². The quantitative estimate of drug-likeness (QED) is 0.528. The van der Waals surface area contributed by atoms with Gasteiger partial charge in [-0.1, -0.05) is 12.1 Å². The lowest BCUT2D eigenvalue weighted by Crippen LogP contribution is -2.38. The fourth-order valence-corrected chi connectivity index (χ4v) is 1.32. The molecular weight excluding hydrogens is 221 g/mol. The first kappa shape index (κ1) is 13.4. The van der Waals surface area contributed by atoms with Crippen LogP contribution in [0.15, 0.2) is 29.3 Å². The predicted molar refractivity (Wildman–Crippen MR) is 66.3 cm³/mol. The Kier molecular flexibility index (Phi) is 6.03. The van der Waals surface area contributed by atoms with Gasteiger partial charge < -0.3 is 15.7 Å². The molecule has 3 N–H and O–H groups in total. The topological polar surface area (TPSA) is 56.7 Å². The molecule has 0 aliphatic heterocycles. The van der Waals surface area contributed by atoms with Gasteiger partial charge in [0, 0.05) is 13.1 Å². The molecule has 0 atom stereocenters. The number of nitrogens with one attached hydrogen (secondary N) is 2. The van der Waals surface area contributed by atoms with E-state index in [0.717, 1.165) is 12.1 Å². The predicted octanol–water partition coefficient (Wildman–Crippen LogP) is 0.873. The van der Waals surface area contributed by atoms with E-state index in [9.17, 15) is 4.39 Å². The van der Waals surface area contributed by atoms with Crippen molar-refractivity contribution in [1.29, 1.82) is 0 Å². The maximum atomic E-state index is 12.9. The van der Waals surface area contributed by atoms with Crippen LogP contribution in [-0.4, -0.2) is 30.8 Å². The SMILES string of the molecule is CCNC(=NCc1cccc(F)c1)NCCO. The molecule has 1 aromatic carbocycles. The van der Waals surface area contributed by atoms with E-state index in [1.807, 2.05) is 13.0 Å². The standard InChI is InChI=1S/C12H18FN3O/c1-2-14-12(15-6-7-17)16-9-10-4-3-5-11(13)8-10/h3-5,8,17H,2,6-7,9H2,1H3,(H2,14,15,16). The number of aliphatic hydroxyl groups is 1. The highest BCUT2D eigenvalue weighted by atomic mass is 19.1. The molecular formula is C12H18FN3O. The Morgan fingerprint density at radius 1 is 1.41 bits per heavy atom. The Balaban J connectivity index is 2.58. The molecule has 0 unspecified atom stereocenters. The number of hydrogen-bond acceptors (Lipinski definition) is 2. The molecule has 0 radical (unpaired) electrons. The summed E-state index contributed by atoms with van der Waals surface area (Å²) < 4.78 is 12.9. The lowest BCUT2D eigenvalue weighted by atomic mass is 10.2. The molecule has 0 amide bonds. The summed E-state index contributed by atoms with van der Waals surface area (Å²) in [5.41, 5.74) is 0.811. The maximum absolute atomic E-state index is 12.9. The molecule has 0 aliphatic rings. The number of hydrogen-bond donors (Lipinski definition) is 3. The zero-order valence-electron chi connectivity index (χ0n) is 9.91. The molecule has 0 saturated carbocycles. The molecule has 0 spiro atoms. The van der Waals surface area contributed by atoms with Crippen molar-refractivity contribution >= 4 is 5.96 Å². The average Bonchev–Trinajstić information content (AvgIpc) is 2.33. The van der Waals surface area contributed by atoms with Gasteiger partial charge in [0.1, 0.15) is 5.82 Å². The van der Waals surface area contributed by atoms with Crippen LogP contribution in [0.1, 0.15) is 12.5 Å². The van der Waals surface area contributed by atoms with Gasteiger partial charge in [-0.15, -0.1) is 0 Å². The van der Waals surface area contributed by atoms with Crippen molar-refractivity contribution < 1.29 is 9.50 Å². The first-order chi connectivity index (χ1) is 8.26. The molecule has 1 aromatic rings. The van der Waals surface area contributed by atoms with E-state index in [1.165, 1.54) is 12.1 Å². The second-order valence-corrected chi connectivity index (χ2v) is 3.48. The lowest BCUT2D eigenvalue weighted by Gasteiger charge is -2.09. The summed E-state index contributed by atoms with van der Waals surface area (Å²) in [6, 6.07) is 6.35. The van der Waals surface area contributed by atoms with Gasteiger partial charge in [-0.2, -0.15) is 0 Å². The monoisotopic (exact) mass is 239 g/mol. The van der Waals surface area contributed by atoms with Crippen molar-refractivity contribution in [2.45, 2.75) is 13.5 Å². The van der Waals surface area contributed by atoms with Gasteiger partial charge in [-0.3, -0.25) is 0 Å². The van der Waals surface area contributed by atoms with Crippen LogP contribution < -0.4 is 10.6 Å². The Morgan fingerprint density at radius 3 is 2.88 bits per heavy atom. The third kappa shape index (κ3) is 5.31. The van der Waals surface area contributed by atoms with Crippen molar-refractivity contribution in [3.8, 4) is 0 Å². The second kappa shape index (κ2) is 7.62. The fourth-order valence-electron chi connectivity index (χ4n) is 1.32. The number of benzene rings is 1. The number of aliphatic hydroxyl groups excluding tert-OH is 1. The molecule has 0 fully saturated rings. The lowest BCUT2D eigenvalue weighted by molar-refractivity contribution is 0.300. The summed E-state index contributed by atoms with van der Waals surface area (Å²) in [5, 5.41) is 14.7. The molecule has 0 bridgehead atoms. The number of aliphatic imine (C=N–C) groups is 1. The normalized spacial score (nSPS) is 11.4. The minimum absolute atomic E-state index is 0.0460. The molecule has 5 heteroatoms. The highest BCUT2D eigenvalue weighted by molar-refractivity contribution is 5.79. The van der Waals surface area contributed by atoms with Crippen molar-refractivity contribution in [3.05, 3.63) is 35.6 Å². The van der Waals surface area contributed by atoms with Crippen LogP contribution in [0.2, 0.25) is 0 Å². The Bertz CT molecular complexity index is 369. The second-order valence-electron chi connectivity index (χ2n) is 3.48. The number of halogens is 1. The minimum atomic E-state index is -0.258. The summed E-state index contributed by atoms with van der Waals surface area (Å²) in [4.78, 5) is 4.28. The molecule has 0 aliphatic carbocycles. The minimum Gasteiger partial charge on any atom is -0.395 e. The zero-order valence-corrected chi connectivity index (χ0v) is 9.91. The van der Waals surface area contributed by atoms with Gasteiger partial charge in [0.2, 0.25) is 0 Å². The Hall–Kier alpha value is -1.62. The molecule has 0 saturated heterocycles. The Labute approximate surface area is 101 Å². The van der Waals surface area contributed by atoms with Gasteiger partial charge in [-0.25, -0.2) is 9.38 Å². The maximum Gasteiger partial charge on any atom is 0.191 e. The van der Waals surface area contributed by atoms with Gasteiger partial charge in [0.05, 0.1) is 13.2 Å². The van der Waals surface area contributed by atoms with Crippen LogP contribution in [0.3, 0.4) is 0 Å². The zero-order chi connectivity index (χ0) is 12.5. The van der Waals surface area contributed by atoms with E-state index in [2.05, 4.69) is 15.6 Å². The molecule has 4 nitrogen and oxygen atoms in total. The first-order valence-electron chi connectivity index (χ1n) is 5.63. The number of nitrogens with zero attached hydrogens (tertiary/aromatic N) is 1. The van der Waals surface area contributed by atoms with Gasteiger partial charge >= 0.3 is 0 Å². The van der Waals surface area contributed by atoms with E-state index in [-0.39, 0.29) is 12.4 Å². The number of rotatable bonds is 5. The van der Waals surface area contributed by atoms with Crippen LogP contribution >= 0.6 is 0 Å². The summed E-state index contributed by atoms with van der Waals surface area (Å²) in [6.07, 6.45) is 0. The largest absolute Gasteiger partial charge is 0.395 e. The Morgan fingerprint density at radius 2 is 2.24 bits per heavy atom. The van der Waals surface area contributed by atoms with Crippen LogP contribution in [0.4, 0.5) is 4.39 Å². The number of guanidine groups is 1. The van der Waals surface area contributed by atoms with Crippen LogP contribution in [0.25, 0.3) is 0 Å². The average molecular weight is 239 g/mol. The third-order valence-corrected chi connectivity index (χ3v) is 2.06. The molecule has 1 rings (SSSR count). The molecule has 94 valence electrons. The summed E-state index contributed by atoms with van der Waals surface area (Å²) in [6.45, 7) is 3.58. The third-order valence-electron chi connectivity index (χ3n) is 2.06. The van der Waals surface area contributed by atoms with Crippen LogP contribution in [0, 0.1) is 5.82 Å². The highest BCUT2D eigenvalue weighted by Gasteiger charge is 1.97. The van der Waals surface area contributed by atoms with Crippen molar-refractivity contribution in [1.82, 2.24) is 10.6 Å². The summed E-state index contributed by atoms with van der Waals surface area (Å²) in [7, 11) is 0. The highest BCUT2D eigenvalue weighted by Crippen LogP contribution is 2.04. The summed E-state index contributed by atoms with van der Waals surface area (Å²) >= 11 is 0. The van der Waals surface area contributed by atoms with Gasteiger partial charge in [0.25, 0.3) is 0 Å². The first-order valence-corrected chi connectivity index (χ1v) is 5.63. The van der Waals surface area contributed by atoms with E-state index in [1.54, 1.807) is 6.07 Å². The van der Waals surface area contributed by atoms with E-state index >= 15 is 0 Å². The van der Waals surface area contributed by atoms with Crippen molar-refractivity contribution in [3.63, 3.8) is 0 Å². The van der Waals surface area contributed by atoms with Crippen molar-refractivity contribution in [2.24, 2.45) is 4.99 Å². The molecule has 0 heterocycles. The smallest absolute Gasteiger partial charge is 0.191 e. The molecule has 17 heavy (non-hydrogen) atoms.